The number of amides is 1. The highest BCUT2D eigenvalue weighted by Crippen LogP contribution is 2.11. The molecule has 0 heterocycles. The number of hydrogen-bond donors (Lipinski definition) is 2. The Morgan fingerprint density at radius 1 is 1.35 bits per heavy atom. The molecule has 92 valence electrons. The average Bonchev–Trinajstić information content (AvgIpc) is 2.28. The van der Waals surface area contributed by atoms with Gasteiger partial charge in [-0.25, -0.2) is 0 Å². The SMILES string of the molecule is C/C(=N\O)c1ccc(NC(=O)CC(C)C)cc1. The molecule has 0 aliphatic heterocycles. The van der Waals surface area contributed by atoms with Crippen LogP contribution in [0.15, 0.2) is 29.4 Å². The van der Waals surface area contributed by atoms with Gasteiger partial charge in [-0.05, 0) is 30.5 Å². The number of nitrogens with one attached hydrogen (secondary N) is 1. The first kappa shape index (κ1) is 13.2. The van der Waals surface area contributed by atoms with E-state index in [1.807, 2.05) is 13.8 Å². The van der Waals surface area contributed by atoms with E-state index < -0.39 is 0 Å². The quantitative estimate of drug-likeness (QED) is 0.478. The number of benzene rings is 1. The fraction of sp³-hybridized carbons (Fsp3) is 0.385. The third-order valence-electron chi connectivity index (χ3n) is 2.33. The van der Waals surface area contributed by atoms with Crippen molar-refractivity contribution in [1.82, 2.24) is 0 Å². The van der Waals surface area contributed by atoms with Crippen molar-refractivity contribution in [1.29, 1.82) is 0 Å². The lowest BCUT2D eigenvalue weighted by molar-refractivity contribution is -0.116. The van der Waals surface area contributed by atoms with E-state index in [2.05, 4.69) is 10.5 Å². The second-order valence-corrected chi connectivity index (χ2v) is 4.41. The number of carbonyl (C=O) groups excluding carboxylic acids is 1. The number of hydrogen-bond acceptors (Lipinski definition) is 3. The predicted molar refractivity (Wildman–Crippen MR) is 68.5 cm³/mol. The molecule has 0 aliphatic rings. The second-order valence-electron chi connectivity index (χ2n) is 4.41. The minimum atomic E-state index is 0.0142. The zero-order chi connectivity index (χ0) is 12.8. The Hall–Kier alpha value is -1.84. The van der Waals surface area contributed by atoms with Gasteiger partial charge < -0.3 is 10.5 Å². The minimum Gasteiger partial charge on any atom is -0.411 e. The number of anilines is 1. The van der Waals surface area contributed by atoms with Gasteiger partial charge in [0, 0.05) is 12.1 Å². The molecular formula is C13H18N2O2. The Kier molecular flexibility index (Phi) is 4.69. The summed E-state index contributed by atoms with van der Waals surface area (Å²) in [5, 5.41) is 14.6. The highest BCUT2D eigenvalue weighted by molar-refractivity contribution is 5.99. The van der Waals surface area contributed by atoms with Crippen molar-refractivity contribution in [2.24, 2.45) is 11.1 Å². The lowest BCUT2D eigenvalue weighted by Crippen LogP contribution is -2.13. The minimum absolute atomic E-state index is 0.0142. The molecule has 0 aromatic heterocycles. The van der Waals surface area contributed by atoms with Crippen molar-refractivity contribution < 1.29 is 10.0 Å². The van der Waals surface area contributed by atoms with Crippen molar-refractivity contribution >= 4 is 17.3 Å². The molecule has 1 aromatic carbocycles. The number of carbonyl (C=O) groups is 1. The van der Waals surface area contributed by atoms with Crippen LogP contribution in [0.3, 0.4) is 0 Å². The highest BCUT2D eigenvalue weighted by atomic mass is 16.4. The monoisotopic (exact) mass is 234 g/mol. The van der Waals surface area contributed by atoms with Crippen molar-refractivity contribution in [2.45, 2.75) is 27.2 Å². The first-order valence-electron chi connectivity index (χ1n) is 5.62. The van der Waals surface area contributed by atoms with Crippen LogP contribution in [0.1, 0.15) is 32.8 Å². The molecule has 0 saturated carbocycles. The molecule has 1 amide bonds. The van der Waals surface area contributed by atoms with E-state index >= 15 is 0 Å². The summed E-state index contributed by atoms with van der Waals surface area (Å²) < 4.78 is 0. The van der Waals surface area contributed by atoms with E-state index in [0.29, 0.717) is 18.1 Å². The fourth-order valence-corrected chi connectivity index (χ4v) is 1.44. The van der Waals surface area contributed by atoms with Crippen molar-refractivity contribution in [3.63, 3.8) is 0 Å². The van der Waals surface area contributed by atoms with Gasteiger partial charge >= 0.3 is 0 Å². The molecule has 0 fully saturated rings. The summed E-state index contributed by atoms with van der Waals surface area (Å²) in [7, 11) is 0. The number of oxime groups is 1. The Balaban J connectivity index is 2.66. The van der Waals surface area contributed by atoms with Gasteiger partial charge in [0.25, 0.3) is 0 Å². The van der Waals surface area contributed by atoms with Gasteiger partial charge in [0.05, 0.1) is 5.71 Å². The molecule has 0 radical (unpaired) electrons. The Morgan fingerprint density at radius 3 is 2.41 bits per heavy atom. The van der Waals surface area contributed by atoms with Crippen molar-refractivity contribution in [3.8, 4) is 0 Å². The molecule has 0 spiro atoms. The molecule has 17 heavy (non-hydrogen) atoms. The molecule has 1 rings (SSSR count). The van der Waals surface area contributed by atoms with Gasteiger partial charge in [-0.15, -0.1) is 0 Å². The molecular weight excluding hydrogens is 216 g/mol. The Labute approximate surface area is 101 Å². The van der Waals surface area contributed by atoms with Crippen molar-refractivity contribution in [3.05, 3.63) is 29.8 Å². The normalized spacial score (nSPS) is 11.6. The van der Waals surface area contributed by atoms with Crippen LogP contribution in [-0.4, -0.2) is 16.8 Å². The second kappa shape index (κ2) is 6.03. The summed E-state index contributed by atoms with van der Waals surface area (Å²) in [4.78, 5) is 11.5. The van der Waals surface area contributed by atoms with E-state index in [1.54, 1.807) is 31.2 Å². The third kappa shape index (κ3) is 4.26. The Bertz CT molecular complexity index is 408. The van der Waals surface area contributed by atoms with E-state index in [1.165, 1.54) is 0 Å². The maximum Gasteiger partial charge on any atom is 0.224 e. The van der Waals surface area contributed by atoms with E-state index in [9.17, 15) is 4.79 Å². The topological polar surface area (TPSA) is 61.7 Å². The highest BCUT2D eigenvalue weighted by Gasteiger charge is 2.05. The molecule has 4 nitrogen and oxygen atoms in total. The van der Waals surface area contributed by atoms with Crippen LogP contribution in [0.5, 0.6) is 0 Å². The maximum atomic E-state index is 11.5. The summed E-state index contributed by atoms with van der Waals surface area (Å²) in [5.74, 6) is 0.360. The van der Waals surface area contributed by atoms with Crippen LogP contribution in [-0.2, 0) is 4.79 Å². The van der Waals surface area contributed by atoms with E-state index in [-0.39, 0.29) is 5.91 Å². The van der Waals surface area contributed by atoms with Crippen LogP contribution in [0.2, 0.25) is 0 Å². The molecule has 4 heteroatoms. The summed E-state index contributed by atoms with van der Waals surface area (Å²) in [6, 6.07) is 7.20. The van der Waals surface area contributed by atoms with Gasteiger partial charge in [0.1, 0.15) is 0 Å². The van der Waals surface area contributed by atoms with Crippen LogP contribution < -0.4 is 5.32 Å². The summed E-state index contributed by atoms with van der Waals surface area (Å²) >= 11 is 0. The van der Waals surface area contributed by atoms with Crippen LogP contribution in [0, 0.1) is 5.92 Å². The van der Waals surface area contributed by atoms with Gasteiger partial charge in [-0.2, -0.15) is 0 Å². The third-order valence-corrected chi connectivity index (χ3v) is 2.33. The summed E-state index contributed by atoms with van der Waals surface area (Å²) in [6.45, 7) is 5.72. The van der Waals surface area contributed by atoms with E-state index in [0.717, 1.165) is 11.3 Å². The van der Waals surface area contributed by atoms with Gasteiger partial charge in [-0.1, -0.05) is 31.1 Å². The summed E-state index contributed by atoms with van der Waals surface area (Å²) in [6.07, 6.45) is 0.513. The fourth-order valence-electron chi connectivity index (χ4n) is 1.44. The molecule has 0 saturated heterocycles. The van der Waals surface area contributed by atoms with Crippen LogP contribution in [0.25, 0.3) is 0 Å². The van der Waals surface area contributed by atoms with Crippen LogP contribution >= 0.6 is 0 Å². The van der Waals surface area contributed by atoms with Crippen molar-refractivity contribution in [2.75, 3.05) is 5.32 Å². The predicted octanol–water partition coefficient (Wildman–Crippen LogP) is 2.87. The smallest absolute Gasteiger partial charge is 0.224 e. The number of nitrogens with zero attached hydrogens (tertiary/aromatic N) is 1. The zero-order valence-corrected chi connectivity index (χ0v) is 10.4. The van der Waals surface area contributed by atoms with Gasteiger partial charge in [0.15, 0.2) is 0 Å². The Morgan fingerprint density at radius 2 is 1.94 bits per heavy atom. The number of rotatable bonds is 4. The lowest BCUT2D eigenvalue weighted by Gasteiger charge is -2.07. The maximum absolute atomic E-state index is 11.5. The van der Waals surface area contributed by atoms with E-state index in [4.69, 9.17) is 5.21 Å². The standard InChI is InChI=1S/C13H18N2O2/c1-9(2)8-13(16)14-12-6-4-11(5-7-12)10(3)15-17/h4-7,9,17H,8H2,1-3H3,(H,14,16)/b15-10+. The lowest BCUT2D eigenvalue weighted by atomic mass is 10.1. The average molecular weight is 234 g/mol. The molecule has 0 unspecified atom stereocenters. The van der Waals surface area contributed by atoms with Gasteiger partial charge in [0.2, 0.25) is 5.91 Å². The molecule has 0 aliphatic carbocycles. The van der Waals surface area contributed by atoms with Crippen LogP contribution in [0.4, 0.5) is 5.69 Å². The molecule has 1 aromatic rings. The molecule has 0 bridgehead atoms. The summed E-state index contributed by atoms with van der Waals surface area (Å²) in [5.41, 5.74) is 2.13. The zero-order valence-electron chi connectivity index (χ0n) is 10.4. The largest absolute Gasteiger partial charge is 0.411 e. The molecule has 0 atom stereocenters. The molecule has 2 N–H and O–H groups in total. The first-order valence-corrected chi connectivity index (χ1v) is 5.62. The first-order chi connectivity index (χ1) is 8.02. The van der Waals surface area contributed by atoms with Gasteiger partial charge in [-0.3, -0.25) is 4.79 Å².